The number of thiophene rings is 1. The van der Waals surface area contributed by atoms with Gasteiger partial charge in [0.2, 0.25) is 0 Å². The summed E-state index contributed by atoms with van der Waals surface area (Å²) in [6.07, 6.45) is 0. The fourth-order valence-corrected chi connectivity index (χ4v) is 2.58. The summed E-state index contributed by atoms with van der Waals surface area (Å²) in [5, 5.41) is 5.66. The van der Waals surface area contributed by atoms with Crippen LogP contribution in [-0.2, 0) is 6.54 Å². The van der Waals surface area contributed by atoms with Gasteiger partial charge in [-0.3, -0.25) is 0 Å². The molecule has 0 aliphatic rings. The summed E-state index contributed by atoms with van der Waals surface area (Å²) < 4.78 is 1.19. The lowest BCUT2D eigenvalue weighted by atomic mass is 10.1. The summed E-state index contributed by atoms with van der Waals surface area (Å²) in [6, 6.07) is 2.07. The summed E-state index contributed by atoms with van der Waals surface area (Å²) in [4.78, 5) is 1.33. The second-order valence-corrected chi connectivity index (χ2v) is 6.00. The third kappa shape index (κ3) is 3.89. The zero-order valence-electron chi connectivity index (χ0n) is 8.39. The Morgan fingerprint density at radius 3 is 2.79 bits per heavy atom. The molecule has 1 aromatic heterocycles. The van der Waals surface area contributed by atoms with Crippen molar-refractivity contribution >= 4 is 38.9 Å². The van der Waals surface area contributed by atoms with Crippen molar-refractivity contribution in [1.82, 2.24) is 5.32 Å². The van der Waals surface area contributed by atoms with Gasteiger partial charge in [0.15, 0.2) is 0 Å². The Balaban J connectivity index is 2.25. The Morgan fingerprint density at radius 2 is 2.29 bits per heavy atom. The molecule has 1 aromatic rings. The maximum Gasteiger partial charge on any atom is 0.0483 e. The Hall–Kier alpha value is 0.430. The zero-order valence-corrected chi connectivity index (χ0v) is 11.5. The molecule has 0 aliphatic heterocycles. The molecule has 0 radical (unpaired) electrons. The van der Waals surface area contributed by atoms with Crippen LogP contribution < -0.4 is 5.32 Å². The molecular formula is C10H15BrClNS. The van der Waals surface area contributed by atoms with Gasteiger partial charge in [0.05, 0.1) is 0 Å². The Bertz CT molecular complexity index is 275. The van der Waals surface area contributed by atoms with E-state index in [1.165, 1.54) is 9.35 Å². The summed E-state index contributed by atoms with van der Waals surface area (Å²) in [5.74, 6) is 0.524. The first-order valence-corrected chi connectivity index (χ1v) is 6.79. The van der Waals surface area contributed by atoms with Gasteiger partial charge in [-0.2, -0.15) is 0 Å². The van der Waals surface area contributed by atoms with Crippen LogP contribution in [0.4, 0.5) is 0 Å². The lowest BCUT2D eigenvalue weighted by Crippen LogP contribution is -2.26. The van der Waals surface area contributed by atoms with E-state index in [4.69, 9.17) is 11.6 Å². The Labute approximate surface area is 103 Å². The van der Waals surface area contributed by atoms with Gasteiger partial charge in [0, 0.05) is 27.8 Å². The van der Waals surface area contributed by atoms with Crippen LogP contribution in [0, 0.1) is 5.92 Å². The molecule has 14 heavy (non-hydrogen) atoms. The van der Waals surface area contributed by atoms with Crippen LogP contribution in [0.25, 0.3) is 0 Å². The number of halogens is 2. The van der Waals surface area contributed by atoms with Crippen LogP contribution in [0.1, 0.15) is 18.7 Å². The summed E-state index contributed by atoms with van der Waals surface area (Å²) >= 11 is 11.4. The lowest BCUT2D eigenvalue weighted by molar-refractivity contribution is 0.547. The Morgan fingerprint density at radius 1 is 1.57 bits per heavy atom. The third-order valence-electron chi connectivity index (χ3n) is 2.04. The van der Waals surface area contributed by atoms with Crippen LogP contribution in [-0.4, -0.2) is 11.9 Å². The molecule has 1 nitrogen and oxygen atoms in total. The van der Waals surface area contributed by atoms with Crippen LogP contribution in [0.3, 0.4) is 0 Å². The van der Waals surface area contributed by atoms with E-state index in [1.54, 1.807) is 11.3 Å². The first-order valence-electron chi connectivity index (χ1n) is 4.68. The van der Waals surface area contributed by atoms with E-state index in [9.17, 15) is 0 Å². The molecule has 1 atom stereocenters. The predicted molar refractivity (Wildman–Crippen MR) is 68.2 cm³/mol. The van der Waals surface area contributed by atoms with E-state index >= 15 is 0 Å². The quantitative estimate of drug-likeness (QED) is 0.814. The van der Waals surface area contributed by atoms with E-state index in [0.717, 1.165) is 13.1 Å². The van der Waals surface area contributed by atoms with Crippen LogP contribution in [0.5, 0.6) is 0 Å². The lowest BCUT2D eigenvalue weighted by Gasteiger charge is -2.13. The average molecular weight is 297 g/mol. The monoisotopic (exact) mass is 295 g/mol. The van der Waals surface area contributed by atoms with E-state index in [1.807, 2.05) is 0 Å². The standard InChI is InChI=1S/C10H15BrClNS/c1-7(2)9(12)5-13-6-10-8(11)3-4-14-10/h3-4,7,9,13H,5-6H2,1-2H3. The molecule has 0 aromatic carbocycles. The maximum absolute atomic E-state index is 6.12. The number of hydrogen-bond donors (Lipinski definition) is 1. The molecule has 1 N–H and O–H groups in total. The van der Waals surface area contributed by atoms with Crippen molar-refractivity contribution in [3.05, 3.63) is 20.8 Å². The smallest absolute Gasteiger partial charge is 0.0483 e. The van der Waals surface area contributed by atoms with Gasteiger partial charge in [-0.25, -0.2) is 0 Å². The van der Waals surface area contributed by atoms with Gasteiger partial charge >= 0.3 is 0 Å². The van der Waals surface area contributed by atoms with Gasteiger partial charge in [-0.05, 0) is 33.3 Å². The van der Waals surface area contributed by atoms with Gasteiger partial charge in [-0.15, -0.1) is 22.9 Å². The van der Waals surface area contributed by atoms with Crippen molar-refractivity contribution in [3.8, 4) is 0 Å². The number of nitrogens with one attached hydrogen (secondary N) is 1. The minimum atomic E-state index is 0.216. The van der Waals surface area contributed by atoms with Crippen molar-refractivity contribution in [3.63, 3.8) is 0 Å². The topological polar surface area (TPSA) is 12.0 Å². The van der Waals surface area contributed by atoms with Gasteiger partial charge in [0.1, 0.15) is 0 Å². The highest BCUT2D eigenvalue weighted by Gasteiger charge is 2.09. The van der Waals surface area contributed by atoms with Gasteiger partial charge in [0.25, 0.3) is 0 Å². The van der Waals surface area contributed by atoms with Crippen LogP contribution in [0.15, 0.2) is 15.9 Å². The largest absolute Gasteiger partial charge is 0.310 e. The van der Waals surface area contributed by atoms with Crippen LogP contribution in [0.2, 0.25) is 0 Å². The second kappa shape index (κ2) is 6.11. The molecule has 0 bridgehead atoms. The van der Waals surface area contributed by atoms with Crippen LogP contribution >= 0.6 is 38.9 Å². The molecule has 1 heterocycles. The van der Waals surface area contributed by atoms with Crippen molar-refractivity contribution in [2.75, 3.05) is 6.54 Å². The molecule has 0 fully saturated rings. The van der Waals surface area contributed by atoms with Crippen molar-refractivity contribution < 1.29 is 0 Å². The molecule has 0 saturated carbocycles. The molecular weight excluding hydrogens is 282 g/mol. The van der Waals surface area contributed by atoms with Gasteiger partial charge < -0.3 is 5.32 Å². The van der Waals surface area contributed by atoms with E-state index in [2.05, 4.69) is 46.5 Å². The number of alkyl halides is 1. The summed E-state index contributed by atoms with van der Waals surface area (Å²) in [5.41, 5.74) is 0. The zero-order chi connectivity index (χ0) is 10.6. The van der Waals surface area contributed by atoms with E-state index < -0.39 is 0 Å². The van der Waals surface area contributed by atoms with E-state index in [0.29, 0.717) is 5.92 Å². The molecule has 0 aliphatic carbocycles. The summed E-state index contributed by atoms with van der Waals surface area (Å²) in [7, 11) is 0. The molecule has 80 valence electrons. The minimum Gasteiger partial charge on any atom is -0.310 e. The first kappa shape index (κ1) is 12.5. The average Bonchev–Trinajstić information content (AvgIpc) is 2.51. The van der Waals surface area contributed by atoms with Crippen molar-refractivity contribution in [1.29, 1.82) is 0 Å². The normalized spacial score (nSPS) is 13.5. The highest BCUT2D eigenvalue weighted by molar-refractivity contribution is 9.10. The molecule has 4 heteroatoms. The summed E-state index contributed by atoms with van der Waals surface area (Å²) in [6.45, 7) is 6.04. The highest BCUT2D eigenvalue weighted by Crippen LogP contribution is 2.22. The SMILES string of the molecule is CC(C)C(Cl)CNCc1sccc1Br. The highest BCUT2D eigenvalue weighted by atomic mass is 79.9. The molecule has 0 amide bonds. The van der Waals surface area contributed by atoms with Crippen molar-refractivity contribution in [2.24, 2.45) is 5.92 Å². The minimum absolute atomic E-state index is 0.216. The van der Waals surface area contributed by atoms with Gasteiger partial charge in [-0.1, -0.05) is 13.8 Å². The third-order valence-corrected chi connectivity index (χ3v) is 4.62. The molecule has 1 rings (SSSR count). The molecule has 1 unspecified atom stereocenters. The number of hydrogen-bond acceptors (Lipinski definition) is 2. The number of rotatable bonds is 5. The predicted octanol–water partition coefficient (Wildman–Crippen LogP) is 3.86. The fraction of sp³-hybridized carbons (Fsp3) is 0.600. The Kier molecular flexibility index (Phi) is 5.45. The van der Waals surface area contributed by atoms with E-state index in [-0.39, 0.29) is 5.38 Å². The van der Waals surface area contributed by atoms with Crippen molar-refractivity contribution in [2.45, 2.75) is 25.8 Å². The fourth-order valence-electron chi connectivity index (χ4n) is 1.01. The first-order chi connectivity index (χ1) is 6.61. The molecule has 0 spiro atoms. The second-order valence-electron chi connectivity index (χ2n) is 3.58. The maximum atomic E-state index is 6.12. The molecule has 0 saturated heterocycles.